The van der Waals surface area contributed by atoms with Crippen LogP contribution in [0.3, 0.4) is 0 Å². The predicted octanol–water partition coefficient (Wildman–Crippen LogP) is 1.15. The third-order valence-electron chi connectivity index (χ3n) is 1.78. The Labute approximate surface area is 76.1 Å². The first-order valence-electron chi connectivity index (χ1n) is 3.87. The summed E-state index contributed by atoms with van der Waals surface area (Å²) in [4.78, 5) is 14.7. The van der Waals surface area contributed by atoms with Gasteiger partial charge in [-0.1, -0.05) is 5.16 Å². The number of ketones is 1. The second kappa shape index (κ2) is 3.26. The van der Waals surface area contributed by atoms with Gasteiger partial charge in [0.05, 0.1) is 0 Å². The summed E-state index contributed by atoms with van der Waals surface area (Å²) in [5.74, 6) is 0.144. The summed E-state index contributed by atoms with van der Waals surface area (Å²) in [6.45, 7) is 4.96. The van der Waals surface area contributed by atoms with Gasteiger partial charge >= 0.3 is 0 Å². The fourth-order valence-electron chi connectivity index (χ4n) is 0.702. The van der Waals surface area contributed by atoms with E-state index in [1.165, 1.54) is 6.92 Å². The minimum absolute atomic E-state index is 0.0140. The summed E-state index contributed by atoms with van der Waals surface area (Å²) in [7, 11) is 1.55. The van der Waals surface area contributed by atoms with Crippen molar-refractivity contribution in [2.75, 3.05) is 7.11 Å². The second-order valence-corrected chi connectivity index (χ2v) is 3.19. The highest BCUT2D eigenvalue weighted by Crippen LogP contribution is 2.20. The van der Waals surface area contributed by atoms with Gasteiger partial charge in [0.15, 0.2) is 0 Å². The van der Waals surface area contributed by atoms with E-state index in [2.05, 4.69) is 10.1 Å². The van der Waals surface area contributed by atoms with E-state index in [9.17, 15) is 4.79 Å². The molecule has 0 fully saturated rings. The summed E-state index contributed by atoms with van der Waals surface area (Å²) in [6, 6.07) is 0. The lowest BCUT2D eigenvalue weighted by atomic mass is 10.1. The lowest BCUT2D eigenvalue weighted by molar-refractivity contribution is 0.00973. The van der Waals surface area contributed by atoms with Gasteiger partial charge in [-0.05, 0) is 13.8 Å². The third-order valence-corrected chi connectivity index (χ3v) is 1.78. The average Bonchev–Trinajstić information content (AvgIpc) is 2.52. The highest BCUT2D eigenvalue weighted by molar-refractivity contribution is 5.89. The van der Waals surface area contributed by atoms with Gasteiger partial charge in [-0.2, -0.15) is 4.98 Å². The fraction of sp³-hybridized carbons (Fsp3) is 0.625. The molecule has 72 valence electrons. The topological polar surface area (TPSA) is 65.2 Å². The van der Waals surface area contributed by atoms with Crippen LogP contribution in [-0.4, -0.2) is 23.0 Å². The zero-order valence-corrected chi connectivity index (χ0v) is 8.12. The van der Waals surface area contributed by atoms with Crippen LogP contribution < -0.4 is 0 Å². The van der Waals surface area contributed by atoms with Crippen molar-refractivity contribution in [3.8, 4) is 0 Å². The van der Waals surface area contributed by atoms with E-state index in [1.54, 1.807) is 21.0 Å². The van der Waals surface area contributed by atoms with Gasteiger partial charge in [-0.3, -0.25) is 4.79 Å². The Morgan fingerprint density at radius 1 is 1.54 bits per heavy atom. The Kier molecular flexibility index (Phi) is 2.47. The number of aromatic nitrogens is 2. The molecule has 0 unspecified atom stereocenters. The molecule has 0 aliphatic carbocycles. The SMILES string of the molecule is COC(C)(C)c1noc(C(C)=O)n1. The van der Waals surface area contributed by atoms with Gasteiger partial charge in [-0.25, -0.2) is 0 Å². The molecular weight excluding hydrogens is 172 g/mol. The van der Waals surface area contributed by atoms with Gasteiger partial charge in [0, 0.05) is 14.0 Å². The Balaban J connectivity index is 2.98. The van der Waals surface area contributed by atoms with E-state index >= 15 is 0 Å². The van der Waals surface area contributed by atoms with Crippen LogP contribution in [0.2, 0.25) is 0 Å². The first-order chi connectivity index (χ1) is 5.97. The number of hydrogen-bond donors (Lipinski definition) is 0. The summed E-state index contributed by atoms with van der Waals surface area (Å²) >= 11 is 0. The van der Waals surface area contributed by atoms with Crippen LogP contribution in [0.5, 0.6) is 0 Å². The summed E-state index contributed by atoms with van der Waals surface area (Å²) in [5, 5.41) is 3.65. The van der Waals surface area contributed by atoms with Gasteiger partial charge in [-0.15, -0.1) is 0 Å². The Morgan fingerprint density at radius 2 is 2.15 bits per heavy atom. The number of hydrogen-bond acceptors (Lipinski definition) is 5. The number of ether oxygens (including phenoxy) is 1. The number of carbonyl (C=O) groups is 1. The zero-order chi connectivity index (χ0) is 10.1. The normalized spacial score (nSPS) is 11.7. The molecule has 0 aliphatic heterocycles. The summed E-state index contributed by atoms with van der Waals surface area (Å²) < 4.78 is 9.84. The van der Waals surface area contributed by atoms with Crippen molar-refractivity contribution in [2.24, 2.45) is 0 Å². The first kappa shape index (κ1) is 9.85. The van der Waals surface area contributed by atoms with Crippen molar-refractivity contribution in [2.45, 2.75) is 26.4 Å². The maximum Gasteiger partial charge on any atom is 0.293 e. The lowest BCUT2D eigenvalue weighted by Gasteiger charge is -2.17. The van der Waals surface area contributed by atoms with E-state index < -0.39 is 5.60 Å². The Hall–Kier alpha value is -1.23. The Morgan fingerprint density at radius 3 is 2.54 bits per heavy atom. The quantitative estimate of drug-likeness (QED) is 0.659. The summed E-state index contributed by atoms with van der Waals surface area (Å²) in [6.07, 6.45) is 0. The van der Waals surface area contributed by atoms with E-state index in [-0.39, 0.29) is 11.7 Å². The summed E-state index contributed by atoms with van der Waals surface area (Å²) in [5.41, 5.74) is -0.628. The molecule has 13 heavy (non-hydrogen) atoms. The minimum atomic E-state index is -0.628. The van der Waals surface area contributed by atoms with Crippen molar-refractivity contribution in [1.82, 2.24) is 10.1 Å². The fourth-order valence-corrected chi connectivity index (χ4v) is 0.702. The molecule has 0 aromatic carbocycles. The van der Waals surface area contributed by atoms with Crippen LogP contribution in [0.25, 0.3) is 0 Å². The molecule has 0 atom stereocenters. The standard InChI is InChI=1S/C8H12N2O3/c1-5(11)6-9-7(10-13-6)8(2,3)12-4/h1-4H3. The molecule has 5 heteroatoms. The molecule has 0 aliphatic rings. The van der Waals surface area contributed by atoms with Crippen molar-refractivity contribution in [1.29, 1.82) is 0 Å². The molecule has 1 rings (SSSR count). The molecule has 0 saturated heterocycles. The van der Waals surface area contributed by atoms with E-state index in [0.717, 1.165) is 0 Å². The maximum absolute atomic E-state index is 10.8. The minimum Gasteiger partial charge on any atom is -0.371 e. The molecule has 0 amide bonds. The second-order valence-electron chi connectivity index (χ2n) is 3.19. The van der Waals surface area contributed by atoms with E-state index in [4.69, 9.17) is 9.26 Å². The molecule has 1 heterocycles. The monoisotopic (exact) mass is 184 g/mol. The molecule has 0 saturated carbocycles. The first-order valence-corrected chi connectivity index (χ1v) is 3.87. The number of nitrogens with zero attached hydrogens (tertiary/aromatic N) is 2. The van der Waals surface area contributed by atoms with Crippen LogP contribution in [0, 0.1) is 0 Å². The van der Waals surface area contributed by atoms with Gasteiger partial charge in [0.1, 0.15) is 5.60 Å². The highest BCUT2D eigenvalue weighted by atomic mass is 16.5. The third kappa shape index (κ3) is 1.92. The van der Waals surface area contributed by atoms with Crippen molar-refractivity contribution >= 4 is 5.78 Å². The molecule has 0 N–H and O–H groups in total. The zero-order valence-electron chi connectivity index (χ0n) is 8.12. The number of carbonyl (C=O) groups excluding carboxylic acids is 1. The number of Topliss-reactive ketones (excluding diaryl/α,β-unsaturated/α-hetero) is 1. The Bertz CT molecular complexity index is 317. The van der Waals surface area contributed by atoms with Gasteiger partial charge in [0.2, 0.25) is 11.6 Å². The van der Waals surface area contributed by atoms with Crippen molar-refractivity contribution in [3.63, 3.8) is 0 Å². The molecule has 1 aromatic rings. The van der Waals surface area contributed by atoms with Gasteiger partial charge in [0.25, 0.3) is 5.89 Å². The average molecular weight is 184 g/mol. The molecular formula is C8H12N2O3. The van der Waals surface area contributed by atoms with Crippen LogP contribution in [-0.2, 0) is 10.3 Å². The van der Waals surface area contributed by atoms with Crippen LogP contribution in [0.1, 0.15) is 37.3 Å². The number of rotatable bonds is 3. The van der Waals surface area contributed by atoms with Crippen molar-refractivity contribution < 1.29 is 14.1 Å². The molecule has 0 radical (unpaired) electrons. The molecule has 1 aromatic heterocycles. The van der Waals surface area contributed by atoms with E-state index in [0.29, 0.717) is 5.82 Å². The molecule has 0 spiro atoms. The highest BCUT2D eigenvalue weighted by Gasteiger charge is 2.26. The van der Waals surface area contributed by atoms with Crippen molar-refractivity contribution in [3.05, 3.63) is 11.7 Å². The van der Waals surface area contributed by atoms with Crippen LogP contribution in [0.4, 0.5) is 0 Å². The smallest absolute Gasteiger partial charge is 0.293 e. The van der Waals surface area contributed by atoms with Gasteiger partial charge < -0.3 is 9.26 Å². The lowest BCUT2D eigenvalue weighted by Crippen LogP contribution is -2.21. The van der Waals surface area contributed by atoms with Crippen LogP contribution in [0.15, 0.2) is 4.52 Å². The molecule has 5 nitrogen and oxygen atoms in total. The predicted molar refractivity (Wildman–Crippen MR) is 44.3 cm³/mol. The number of methoxy groups -OCH3 is 1. The van der Waals surface area contributed by atoms with Crippen LogP contribution >= 0.6 is 0 Å². The maximum atomic E-state index is 10.8. The molecule has 0 bridgehead atoms. The largest absolute Gasteiger partial charge is 0.371 e. The van der Waals surface area contributed by atoms with E-state index in [1.807, 2.05) is 0 Å².